The van der Waals surface area contributed by atoms with Crippen molar-refractivity contribution in [1.82, 2.24) is 25.1 Å². The maximum Gasteiger partial charge on any atom is 0.407 e. The molecular weight excluding hydrogens is 608 g/mol. The Morgan fingerprint density at radius 2 is 1.79 bits per heavy atom. The molecule has 9 nitrogen and oxygen atoms in total. The average Bonchev–Trinajstić information content (AvgIpc) is 3.45. The van der Waals surface area contributed by atoms with Gasteiger partial charge in [0.2, 0.25) is 5.78 Å². The molecule has 1 aliphatic heterocycles. The molecule has 1 aromatic carbocycles. The number of aromatic nitrogens is 4. The summed E-state index contributed by atoms with van der Waals surface area (Å²) in [6, 6.07) is 2.58. The number of anilines is 1. The lowest BCUT2D eigenvalue weighted by molar-refractivity contribution is -0.175. The molecule has 2 fully saturated rings. The van der Waals surface area contributed by atoms with E-state index < -0.39 is 41.0 Å². The first-order valence-electron chi connectivity index (χ1n) is 14.0. The van der Waals surface area contributed by atoms with E-state index >= 15 is 0 Å². The molecule has 1 aliphatic carbocycles. The normalized spacial score (nSPS) is 20.6. The van der Waals surface area contributed by atoms with Crippen molar-refractivity contribution in [2.45, 2.75) is 71.2 Å². The van der Waals surface area contributed by atoms with Gasteiger partial charge in [0.05, 0.1) is 22.2 Å². The summed E-state index contributed by atoms with van der Waals surface area (Å²) in [5.41, 5.74) is -0.270. The number of benzene rings is 1. The number of nitrogens with zero attached hydrogens (tertiary/aromatic N) is 5. The number of ketones is 1. The van der Waals surface area contributed by atoms with Crippen molar-refractivity contribution in [3.8, 4) is 0 Å². The fourth-order valence-electron chi connectivity index (χ4n) is 6.29. The number of aryl methyl sites for hydroxylation is 2. The molecule has 2 aliphatic rings. The second-order valence-electron chi connectivity index (χ2n) is 12.5. The highest BCUT2D eigenvalue weighted by atomic mass is 35.5. The zero-order valence-corrected chi connectivity index (χ0v) is 26.0. The highest BCUT2D eigenvalue weighted by Gasteiger charge is 2.56. The summed E-state index contributed by atoms with van der Waals surface area (Å²) in [6.45, 7) is 7.56. The number of carbonyl (C=O) groups is 2. The fraction of sp³-hybridized carbons (Fsp3) is 0.552. The Bertz CT molecular complexity index is 1580. The molecular formula is C29H33Cl2F3N6O3. The van der Waals surface area contributed by atoms with E-state index in [1.807, 2.05) is 4.90 Å². The summed E-state index contributed by atoms with van der Waals surface area (Å²) in [6.07, 6.45) is -2.87. The molecule has 2 aromatic heterocycles. The van der Waals surface area contributed by atoms with E-state index in [9.17, 15) is 22.8 Å². The van der Waals surface area contributed by atoms with E-state index in [0.29, 0.717) is 48.3 Å². The highest BCUT2D eigenvalue weighted by Crippen LogP contribution is 2.54. The molecule has 14 heteroatoms. The third kappa shape index (κ3) is 6.26. The van der Waals surface area contributed by atoms with Gasteiger partial charge in [0.1, 0.15) is 11.3 Å². The number of amides is 1. The fourth-order valence-corrected chi connectivity index (χ4v) is 6.80. The second kappa shape index (κ2) is 11.1. The van der Waals surface area contributed by atoms with Crippen LogP contribution in [0.4, 0.5) is 23.8 Å². The standard InChI is InChI=1S/C29H33Cl2F3N6O3/c1-15-25(37-24(31)22(35-15)23(41)17-6-7-19-18(21(17)30)14-39(5)38-19)40-10-8-28(9-11-40)13-16(29(32,33)34)12-20(28)36-26(42)43-27(2,3)4/h6-7,14,16,20H,8-13H2,1-5H3,(H,36,42)/t16-,20+/m0/s1. The molecule has 1 saturated heterocycles. The van der Waals surface area contributed by atoms with Gasteiger partial charge >= 0.3 is 12.3 Å². The first-order chi connectivity index (χ1) is 20.0. The third-order valence-corrected chi connectivity index (χ3v) is 9.00. The van der Waals surface area contributed by atoms with Gasteiger partial charge in [-0.15, -0.1) is 0 Å². The van der Waals surface area contributed by atoms with Crippen LogP contribution in [0.3, 0.4) is 0 Å². The van der Waals surface area contributed by atoms with Gasteiger partial charge in [-0.05, 0) is 70.9 Å². The molecule has 5 rings (SSSR count). The molecule has 3 aromatic rings. The van der Waals surface area contributed by atoms with E-state index in [4.69, 9.17) is 27.9 Å². The number of piperidine rings is 1. The number of alkyl halides is 3. The predicted molar refractivity (Wildman–Crippen MR) is 157 cm³/mol. The predicted octanol–water partition coefficient (Wildman–Crippen LogP) is 6.66. The number of hydrogen-bond acceptors (Lipinski definition) is 7. The van der Waals surface area contributed by atoms with Gasteiger partial charge in [0.15, 0.2) is 11.0 Å². The van der Waals surface area contributed by atoms with Crippen LogP contribution in [-0.2, 0) is 11.8 Å². The molecule has 0 radical (unpaired) electrons. The van der Waals surface area contributed by atoms with E-state index in [1.54, 1.807) is 57.8 Å². The van der Waals surface area contributed by atoms with E-state index in [1.165, 1.54) is 0 Å². The molecule has 0 bridgehead atoms. The summed E-state index contributed by atoms with van der Waals surface area (Å²) < 4.78 is 48.4. The second-order valence-corrected chi connectivity index (χ2v) is 13.2. The molecule has 0 unspecified atom stereocenters. The zero-order chi connectivity index (χ0) is 31.5. The van der Waals surface area contributed by atoms with Crippen molar-refractivity contribution < 1.29 is 27.5 Å². The Labute approximate surface area is 257 Å². The third-order valence-electron chi connectivity index (χ3n) is 8.33. The molecule has 43 heavy (non-hydrogen) atoms. The Morgan fingerprint density at radius 3 is 2.42 bits per heavy atom. The van der Waals surface area contributed by atoms with Crippen LogP contribution < -0.4 is 10.2 Å². The highest BCUT2D eigenvalue weighted by molar-refractivity contribution is 6.40. The molecule has 1 spiro atoms. The van der Waals surface area contributed by atoms with E-state index in [0.717, 1.165) is 0 Å². The van der Waals surface area contributed by atoms with Crippen molar-refractivity contribution in [2.75, 3.05) is 18.0 Å². The minimum absolute atomic E-state index is 0.0491. The monoisotopic (exact) mass is 640 g/mol. The zero-order valence-electron chi connectivity index (χ0n) is 24.5. The molecule has 2 atom stereocenters. The van der Waals surface area contributed by atoms with E-state index in [2.05, 4.69) is 20.4 Å². The van der Waals surface area contributed by atoms with Crippen LogP contribution in [0.15, 0.2) is 18.3 Å². The number of ether oxygens (including phenoxy) is 1. The summed E-state index contributed by atoms with van der Waals surface area (Å²) in [4.78, 5) is 36.9. The number of alkyl carbamates (subject to hydrolysis) is 1. The van der Waals surface area contributed by atoms with Crippen LogP contribution in [-0.4, -0.2) is 62.5 Å². The number of hydrogen-bond donors (Lipinski definition) is 1. The Kier molecular flexibility index (Phi) is 8.09. The van der Waals surface area contributed by atoms with E-state index in [-0.39, 0.29) is 34.3 Å². The smallest absolute Gasteiger partial charge is 0.407 e. The maximum atomic E-state index is 13.8. The van der Waals surface area contributed by atoms with Crippen LogP contribution in [0, 0.1) is 18.3 Å². The van der Waals surface area contributed by atoms with Crippen molar-refractivity contribution in [3.05, 3.63) is 45.5 Å². The average molecular weight is 642 g/mol. The lowest BCUT2D eigenvalue weighted by Crippen LogP contribution is -2.51. The number of halogens is 5. The summed E-state index contributed by atoms with van der Waals surface area (Å²) >= 11 is 13.0. The van der Waals surface area contributed by atoms with Gasteiger partial charge in [-0.25, -0.2) is 14.8 Å². The van der Waals surface area contributed by atoms with Crippen LogP contribution in [0.1, 0.15) is 68.2 Å². The summed E-state index contributed by atoms with van der Waals surface area (Å²) in [7, 11) is 1.75. The van der Waals surface area contributed by atoms with Crippen LogP contribution in [0.5, 0.6) is 0 Å². The molecule has 232 valence electrons. The lowest BCUT2D eigenvalue weighted by atomic mass is 9.73. The van der Waals surface area contributed by atoms with Crippen LogP contribution >= 0.6 is 23.2 Å². The first kappa shape index (κ1) is 31.3. The van der Waals surface area contributed by atoms with Gasteiger partial charge in [0.25, 0.3) is 0 Å². The van der Waals surface area contributed by atoms with Crippen molar-refractivity contribution >= 4 is 51.8 Å². The molecule has 1 N–H and O–H groups in total. The number of fused-ring (bicyclic) bond motifs is 1. The minimum Gasteiger partial charge on any atom is -0.444 e. The van der Waals surface area contributed by atoms with Crippen LogP contribution in [0.25, 0.3) is 10.9 Å². The number of nitrogens with one attached hydrogen (secondary N) is 1. The molecule has 3 heterocycles. The number of carbonyl (C=O) groups excluding carboxylic acids is 2. The Hall–Kier alpha value is -3.12. The quantitative estimate of drug-likeness (QED) is 0.318. The Morgan fingerprint density at radius 1 is 1.12 bits per heavy atom. The minimum atomic E-state index is -4.36. The van der Waals surface area contributed by atoms with Crippen molar-refractivity contribution in [1.29, 1.82) is 0 Å². The van der Waals surface area contributed by atoms with Gasteiger partial charge in [-0.3, -0.25) is 9.48 Å². The lowest BCUT2D eigenvalue weighted by Gasteiger charge is -2.44. The van der Waals surface area contributed by atoms with Crippen LogP contribution in [0.2, 0.25) is 10.2 Å². The summed E-state index contributed by atoms with van der Waals surface area (Å²) in [5, 5.41) is 7.79. The number of rotatable bonds is 4. The van der Waals surface area contributed by atoms with Crippen molar-refractivity contribution in [2.24, 2.45) is 18.4 Å². The molecule has 1 amide bonds. The first-order valence-corrected chi connectivity index (χ1v) is 14.7. The summed E-state index contributed by atoms with van der Waals surface area (Å²) in [5.74, 6) is -1.55. The van der Waals surface area contributed by atoms with Crippen molar-refractivity contribution in [3.63, 3.8) is 0 Å². The van der Waals surface area contributed by atoms with Gasteiger partial charge < -0.3 is 15.0 Å². The Balaban J connectivity index is 1.35. The SMILES string of the molecule is Cc1nc(C(=O)c2ccc3nn(C)cc3c2Cl)c(Cl)nc1N1CCC2(CC1)C[C@@H](C(F)(F)F)C[C@H]2NC(=O)OC(C)(C)C. The topological polar surface area (TPSA) is 102 Å². The van der Waals surface area contributed by atoms with Gasteiger partial charge in [-0.2, -0.15) is 18.3 Å². The van der Waals surface area contributed by atoms with Gasteiger partial charge in [-0.1, -0.05) is 23.2 Å². The molecule has 1 saturated carbocycles. The van der Waals surface area contributed by atoms with Gasteiger partial charge in [0, 0.05) is 43.3 Å². The maximum absolute atomic E-state index is 13.8. The largest absolute Gasteiger partial charge is 0.444 e.